The maximum Gasteiger partial charge on any atom is 0.262 e. The number of amides is 2. The molecule has 0 aliphatic rings. The van der Waals surface area contributed by atoms with E-state index < -0.39 is 0 Å². The van der Waals surface area contributed by atoms with Crippen molar-refractivity contribution in [2.45, 2.75) is 6.92 Å². The molecule has 0 bridgehead atoms. The second kappa shape index (κ2) is 9.45. The summed E-state index contributed by atoms with van der Waals surface area (Å²) in [5.41, 5.74) is 2.30. The normalized spacial score (nSPS) is 10.3. The Bertz CT molecular complexity index is 1050. The van der Waals surface area contributed by atoms with Crippen LogP contribution in [0.3, 0.4) is 0 Å². The first-order valence-corrected chi connectivity index (χ1v) is 9.53. The smallest absolute Gasteiger partial charge is 0.262 e. The zero-order chi connectivity index (χ0) is 20.8. The molecule has 148 valence electrons. The molecule has 5 nitrogen and oxygen atoms in total. The van der Waals surface area contributed by atoms with Crippen LogP contribution in [0.25, 0.3) is 0 Å². The molecule has 3 aromatic carbocycles. The average Bonchev–Trinajstić information content (AvgIpc) is 2.67. The van der Waals surface area contributed by atoms with Gasteiger partial charge in [-0.3, -0.25) is 9.59 Å². The predicted molar refractivity (Wildman–Crippen MR) is 116 cm³/mol. The number of ether oxygens (including phenoxy) is 1. The molecule has 0 spiro atoms. The van der Waals surface area contributed by atoms with Crippen LogP contribution < -0.4 is 15.4 Å². The van der Waals surface area contributed by atoms with Gasteiger partial charge in [0.2, 0.25) is 0 Å². The van der Waals surface area contributed by atoms with E-state index in [0.29, 0.717) is 27.7 Å². The zero-order valence-corrected chi connectivity index (χ0v) is 17.1. The Kier molecular flexibility index (Phi) is 6.75. The Morgan fingerprint density at radius 1 is 0.897 bits per heavy atom. The third-order valence-corrected chi connectivity index (χ3v) is 4.58. The lowest BCUT2D eigenvalue weighted by Gasteiger charge is -2.11. The van der Waals surface area contributed by atoms with Gasteiger partial charge in [-0.1, -0.05) is 47.5 Å². The molecule has 0 fully saturated rings. The first-order valence-electron chi connectivity index (χ1n) is 8.77. The lowest BCUT2D eigenvalue weighted by atomic mass is 10.2. The molecule has 0 aliphatic carbocycles. The second-order valence-electron chi connectivity index (χ2n) is 6.26. The maximum atomic E-state index is 12.4. The quantitative estimate of drug-likeness (QED) is 0.538. The van der Waals surface area contributed by atoms with E-state index in [1.807, 2.05) is 25.1 Å². The van der Waals surface area contributed by atoms with Crippen LogP contribution in [0.1, 0.15) is 15.9 Å². The molecule has 7 heteroatoms. The molecule has 2 N–H and O–H groups in total. The molecule has 3 aromatic rings. The zero-order valence-electron chi connectivity index (χ0n) is 15.5. The number of rotatable bonds is 6. The number of hydrogen-bond acceptors (Lipinski definition) is 3. The van der Waals surface area contributed by atoms with Gasteiger partial charge >= 0.3 is 0 Å². The highest BCUT2D eigenvalue weighted by Gasteiger charge is 2.12. The van der Waals surface area contributed by atoms with Gasteiger partial charge in [0.25, 0.3) is 11.8 Å². The third-order valence-electron chi connectivity index (χ3n) is 4.03. The number of nitrogens with one attached hydrogen (secondary N) is 2. The topological polar surface area (TPSA) is 67.4 Å². The first kappa shape index (κ1) is 20.7. The van der Waals surface area contributed by atoms with Crippen LogP contribution in [0.4, 0.5) is 11.4 Å². The van der Waals surface area contributed by atoms with Crippen LogP contribution in [0.5, 0.6) is 5.75 Å². The van der Waals surface area contributed by atoms with Crippen LogP contribution in [0, 0.1) is 6.92 Å². The average molecular weight is 429 g/mol. The predicted octanol–water partition coefficient (Wildman–Crippen LogP) is 5.57. The summed E-state index contributed by atoms with van der Waals surface area (Å²) in [4.78, 5) is 24.6. The molecule has 0 saturated heterocycles. The van der Waals surface area contributed by atoms with Gasteiger partial charge in [-0.2, -0.15) is 0 Å². The summed E-state index contributed by atoms with van der Waals surface area (Å²) in [6.45, 7) is 1.79. The van der Waals surface area contributed by atoms with Crippen molar-refractivity contribution in [2.24, 2.45) is 0 Å². The summed E-state index contributed by atoms with van der Waals surface area (Å²) in [6.07, 6.45) is 0. The highest BCUT2D eigenvalue weighted by molar-refractivity contribution is 6.37. The summed E-state index contributed by atoms with van der Waals surface area (Å²) in [5, 5.41) is 6.20. The minimum absolute atomic E-state index is 0.123. The molecule has 3 rings (SSSR count). The van der Waals surface area contributed by atoms with Crippen molar-refractivity contribution >= 4 is 46.4 Å². The number of hydrogen-bond donors (Lipinski definition) is 2. The minimum Gasteiger partial charge on any atom is -0.483 e. The van der Waals surface area contributed by atoms with Gasteiger partial charge in [-0.05, 0) is 55.0 Å². The van der Waals surface area contributed by atoms with E-state index in [4.69, 9.17) is 27.9 Å². The fourth-order valence-electron chi connectivity index (χ4n) is 2.61. The van der Waals surface area contributed by atoms with E-state index in [-0.39, 0.29) is 23.4 Å². The van der Waals surface area contributed by atoms with Crippen molar-refractivity contribution in [3.63, 3.8) is 0 Å². The van der Waals surface area contributed by atoms with Crippen molar-refractivity contribution < 1.29 is 14.3 Å². The van der Waals surface area contributed by atoms with Crippen LogP contribution in [-0.4, -0.2) is 18.4 Å². The fourth-order valence-corrected chi connectivity index (χ4v) is 3.10. The molecular formula is C22H18Cl2N2O3. The molecule has 0 radical (unpaired) electrons. The van der Waals surface area contributed by atoms with Crippen molar-refractivity contribution in [1.29, 1.82) is 0 Å². The molecule has 0 unspecified atom stereocenters. The third kappa shape index (κ3) is 5.73. The second-order valence-corrected chi connectivity index (χ2v) is 7.11. The van der Waals surface area contributed by atoms with Gasteiger partial charge in [0, 0.05) is 16.4 Å². The Morgan fingerprint density at radius 2 is 1.62 bits per heavy atom. The van der Waals surface area contributed by atoms with Crippen LogP contribution >= 0.6 is 23.2 Å². The van der Waals surface area contributed by atoms with E-state index in [1.54, 1.807) is 42.5 Å². The monoisotopic (exact) mass is 428 g/mol. The van der Waals surface area contributed by atoms with Crippen molar-refractivity contribution in [3.05, 3.63) is 87.9 Å². The summed E-state index contributed by atoms with van der Waals surface area (Å²) in [7, 11) is 0. The SMILES string of the molecule is Cc1ccccc1OCC(=O)Nc1cccc(NC(=O)c2ccc(Cl)cc2Cl)c1. The van der Waals surface area contributed by atoms with Gasteiger partial charge < -0.3 is 15.4 Å². The van der Waals surface area contributed by atoms with Gasteiger partial charge in [0.05, 0.1) is 10.6 Å². The molecule has 0 heterocycles. The number of benzene rings is 3. The Balaban J connectivity index is 1.61. The maximum absolute atomic E-state index is 12.4. The van der Waals surface area contributed by atoms with Crippen LogP contribution in [-0.2, 0) is 4.79 Å². The van der Waals surface area contributed by atoms with Gasteiger partial charge in [-0.15, -0.1) is 0 Å². The van der Waals surface area contributed by atoms with Crippen molar-refractivity contribution in [2.75, 3.05) is 17.2 Å². The lowest BCUT2D eigenvalue weighted by Crippen LogP contribution is -2.20. The van der Waals surface area contributed by atoms with E-state index in [0.717, 1.165) is 5.56 Å². The molecule has 2 amide bonds. The van der Waals surface area contributed by atoms with E-state index >= 15 is 0 Å². The van der Waals surface area contributed by atoms with Crippen LogP contribution in [0.15, 0.2) is 66.7 Å². The van der Waals surface area contributed by atoms with E-state index in [9.17, 15) is 9.59 Å². The Morgan fingerprint density at radius 3 is 2.34 bits per heavy atom. The number of anilines is 2. The first-order chi connectivity index (χ1) is 13.9. The standard InChI is InChI=1S/C22H18Cl2N2O3/c1-14-5-2-3-8-20(14)29-13-21(27)25-16-6-4-7-17(12-16)26-22(28)18-10-9-15(23)11-19(18)24/h2-12H,13H2,1H3,(H,25,27)(H,26,28). The number of aryl methyl sites for hydroxylation is 1. The highest BCUT2D eigenvalue weighted by Crippen LogP contribution is 2.23. The summed E-state index contributed by atoms with van der Waals surface area (Å²) >= 11 is 11.9. The Hall–Kier alpha value is -3.02. The number of para-hydroxylation sites is 1. The van der Waals surface area contributed by atoms with Gasteiger partial charge in [0.1, 0.15) is 5.75 Å². The summed E-state index contributed by atoms with van der Waals surface area (Å²) in [5.74, 6) is -0.0287. The van der Waals surface area contributed by atoms with Gasteiger partial charge in [0.15, 0.2) is 6.61 Å². The molecule has 29 heavy (non-hydrogen) atoms. The molecule has 0 saturated carbocycles. The molecule has 0 aliphatic heterocycles. The largest absolute Gasteiger partial charge is 0.483 e. The van der Waals surface area contributed by atoms with Gasteiger partial charge in [-0.25, -0.2) is 0 Å². The van der Waals surface area contributed by atoms with Crippen molar-refractivity contribution in [3.8, 4) is 5.75 Å². The highest BCUT2D eigenvalue weighted by atomic mass is 35.5. The summed E-state index contributed by atoms with van der Waals surface area (Å²) < 4.78 is 5.54. The fraction of sp³-hybridized carbons (Fsp3) is 0.0909. The molecule has 0 atom stereocenters. The van der Waals surface area contributed by atoms with E-state index in [2.05, 4.69) is 10.6 Å². The van der Waals surface area contributed by atoms with E-state index in [1.165, 1.54) is 6.07 Å². The number of halogens is 2. The minimum atomic E-state index is -0.377. The lowest BCUT2D eigenvalue weighted by molar-refractivity contribution is -0.118. The molecular weight excluding hydrogens is 411 g/mol. The van der Waals surface area contributed by atoms with Crippen molar-refractivity contribution in [1.82, 2.24) is 0 Å². The number of carbonyl (C=O) groups excluding carboxylic acids is 2. The molecule has 0 aromatic heterocycles. The Labute approximate surface area is 178 Å². The summed E-state index contributed by atoms with van der Waals surface area (Å²) in [6, 6.07) is 18.9. The number of carbonyl (C=O) groups is 2. The van der Waals surface area contributed by atoms with Crippen LogP contribution in [0.2, 0.25) is 10.0 Å².